The Kier molecular flexibility index (Phi) is 4.43. The third-order valence-electron chi connectivity index (χ3n) is 3.70. The van der Waals surface area contributed by atoms with Gasteiger partial charge in [0.15, 0.2) is 0 Å². The van der Waals surface area contributed by atoms with E-state index in [1.807, 2.05) is 13.1 Å². The zero-order chi connectivity index (χ0) is 12.3. The minimum absolute atomic E-state index is 0.573. The molecule has 0 aromatic heterocycles. The van der Waals surface area contributed by atoms with Crippen molar-refractivity contribution >= 4 is 11.6 Å². The Hall–Kier alpha value is -0.570. The van der Waals surface area contributed by atoms with Gasteiger partial charge in [-0.2, -0.15) is 0 Å². The van der Waals surface area contributed by atoms with E-state index in [1.165, 1.54) is 25.1 Å². The predicted octanol–water partition coefficient (Wildman–Crippen LogP) is 2.59. The van der Waals surface area contributed by atoms with Gasteiger partial charge in [-0.1, -0.05) is 23.7 Å². The number of nitrogens with zero attached hydrogens (tertiary/aromatic N) is 1. The van der Waals surface area contributed by atoms with E-state index in [9.17, 15) is 0 Å². The molecule has 1 heterocycles. The second kappa shape index (κ2) is 5.85. The third kappa shape index (κ3) is 3.21. The van der Waals surface area contributed by atoms with Crippen molar-refractivity contribution in [2.24, 2.45) is 5.92 Å². The summed E-state index contributed by atoms with van der Waals surface area (Å²) in [6, 6.07) is 8.31. The molecule has 2 rings (SSSR count). The smallest absolute Gasteiger partial charge is 0.0408 e. The lowest BCUT2D eigenvalue weighted by Crippen LogP contribution is -2.26. The molecule has 0 spiro atoms. The number of likely N-dealkylation sites (N-methyl/N-ethyl adjacent to an activating group) is 1. The third-order valence-corrected chi connectivity index (χ3v) is 3.93. The number of benzene rings is 1. The van der Waals surface area contributed by atoms with Crippen LogP contribution in [-0.4, -0.2) is 38.6 Å². The van der Waals surface area contributed by atoms with Gasteiger partial charge in [-0.25, -0.2) is 0 Å². The topological polar surface area (TPSA) is 15.3 Å². The van der Waals surface area contributed by atoms with E-state index in [0.29, 0.717) is 5.92 Å². The minimum atomic E-state index is 0.573. The molecule has 1 aliphatic rings. The van der Waals surface area contributed by atoms with Gasteiger partial charge in [-0.05, 0) is 50.7 Å². The fourth-order valence-electron chi connectivity index (χ4n) is 2.81. The van der Waals surface area contributed by atoms with Crippen LogP contribution in [0, 0.1) is 5.92 Å². The van der Waals surface area contributed by atoms with Crippen LogP contribution in [0.5, 0.6) is 0 Å². The highest BCUT2D eigenvalue weighted by Gasteiger charge is 2.28. The zero-order valence-corrected chi connectivity index (χ0v) is 11.4. The number of rotatable bonds is 4. The van der Waals surface area contributed by atoms with E-state index < -0.39 is 0 Å². The Bertz CT molecular complexity index is 367. The van der Waals surface area contributed by atoms with Crippen molar-refractivity contribution in [3.05, 3.63) is 34.9 Å². The maximum Gasteiger partial charge on any atom is 0.0408 e. The average molecular weight is 253 g/mol. The molecule has 0 saturated carbocycles. The van der Waals surface area contributed by atoms with Crippen molar-refractivity contribution in [2.75, 3.05) is 33.7 Å². The Morgan fingerprint density at radius 2 is 2.35 bits per heavy atom. The number of hydrogen-bond acceptors (Lipinski definition) is 2. The summed E-state index contributed by atoms with van der Waals surface area (Å²) in [6.07, 6.45) is 1.29. The van der Waals surface area contributed by atoms with Gasteiger partial charge in [0.1, 0.15) is 0 Å². The molecule has 1 aliphatic heterocycles. The van der Waals surface area contributed by atoms with E-state index in [2.05, 4.69) is 35.5 Å². The number of likely N-dealkylation sites (tertiary alicyclic amines) is 1. The minimum Gasteiger partial charge on any atom is -0.319 e. The molecule has 0 aliphatic carbocycles. The van der Waals surface area contributed by atoms with Crippen molar-refractivity contribution in [3.8, 4) is 0 Å². The predicted molar refractivity (Wildman–Crippen MR) is 73.7 cm³/mol. The molecule has 0 amide bonds. The molecule has 1 aromatic carbocycles. The van der Waals surface area contributed by atoms with Crippen LogP contribution in [0.25, 0.3) is 0 Å². The summed E-state index contributed by atoms with van der Waals surface area (Å²) in [7, 11) is 4.23. The van der Waals surface area contributed by atoms with Gasteiger partial charge in [0, 0.05) is 24.0 Å². The average Bonchev–Trinajstić information content (AvgIpc) is 2.72. The molecule has 1 aromatic rings. The Balaban J connectivity index is 2.16. The summed E-state index contributed by atoms with van der Waals surface area (Å²) in [5.74, 6) is 1.31. The molecule has 2 nitrogen and oxygen atoms in total. The summed E-state index contributed by atoms with van der Waals surface area (Å²) in [5.41, 5.74) is 1.37. The maximum atomic E-state index is 6.09. The van der Waals surface area contributed by atoms with Gasteiger partial charge >= 0.3 is 0 Å². The Labute approximate surface area is 109 Å². The molecular formula is C14H21ClN2. The number of hydrogen-bond donors (Lipinski definition) is 1. The van der Waals surface area contributed by atoms with Gasteiger partial charge in [0.25, 0.3) is 0 Å². The molecular weight excluding hydrogens is 232 g/mol. The SMILES string of the molecule is CNCC(c1cccc(Cl)c1)C1CCN(C)C1. The lowest BCUT2D eigenvalue weighted by atomic mass is 9.85. The lowest BCUT2D eigenvalue weighted by molar-refractivity contribution is 0.365. The standard InChI is InChI=1S/C14H21ClN2/c1-16-9-14(12-6-7-17(2)10-12)11-4-3-5-13(15)8-11/h3-5,8,12,14,16H,6-7,9-10H2,1-2H3. The van der Waals surface area contributed by atoms with E-state index in [4.69, 9.17) is 11.6 Å². The molecule has 94 valence electrons. The van der Waals surface area contributed by atoms with E-state index in [1.54, 1.807) is 0 Å². The largest absolute Gasteiger partial charge is 0.319 e. The first-order chi connectivity index (χ1) is 8.20. The van der Waals surface area contributed by atoms with Crippen molar-refractivity contribution in [1.29, 1.82) is 0 Å². The van der Waals surface area contributed by atoms with Crippen LogP contribution >= 0.6 is 11.6 Å². The quantitative estimate of drug-likeness (QED) is 0.886. The summed E-state index contributed by atoms with van der Waals surface area (Å²) in [6.45, 7) is 3.43. The fraction of sp³-hybridized carbons (Fsp3) is 0.571. The van der Waals surface area contributed by atoms with Crippen molar-refractivity contribution in [1.82, 2.24) is 10.2 Å². The normalized spacial score (nSPS) is 22.9. The van der Waals surface area contributed by atoms with Crippen LogP contribution in [-0.2, 0) is 0 Å². The lowest BCUT2D eigenvalue weighted by Gasteiger charge is -2.24. The second-order valence-corrected chi connectivity index (χ2v) is 5.47. The fourth-order valence-corrected chi connectivity index (χ4v) is 3.01. The summed E-state index contributed by atoms with van der Waals surface area (Å²) in [5, 5.41) is 4.16. The molecule has 1 saturated heterocycles. The van der Waals surface area contributed by atoms with Gasteiger partial charge < -0.3 is 10.2 Å². The van der Waals surface area contributed by atoms with Crippen LogP contribution in [0.15, 0.2) is 24.3 Å². The zero-order valence-electron chi connectivity index (χ0n) is 10.6. The van der Waals surface area contributed by atoms with Crippen LogP contribution < -0.4 is 5.32 Å². The van der Waals surface area contributed by atoms with Crippen molar-refractivity contribution < 1.29 is 0 Å². The van der Waals surface area contributed by atoms with Crippen LogP contribution in [0.2, 0.25) is 5.02 Å². The Morgan fingerprint density at radius 1 is 1.53 bits per heavy atom. The maximum absolute atomic E-state index is 6.09. The molecule has 0 bridgehead atoms. The number of halogens is 1. The summed E-state index contributed by atoms with van der Waals surface area (Å²) < 4.78 is 0. The molecule has 3 heteroatoms. The van der Waals surface area contributed by atoms with Crippen molar-refractivity contribution in [2.45, 2.75) is 12.3 Å². The molecule has 17 heavy (non-hydrogen) atoms. The molecule has 2 atom stereocenters. The van der Waals surface area contributed by atoms with Gasteiger partial charge in [-0.3, -0.25) is 0 Å². The van der Waals surface area contributed by atoms with Gasteiger partial charge in [0.2, 0.25) is 0 Å². The highest BCUT2D eigenvalue weighted by Crippen LogP contribution is 2.32. The summed E-state index contributed by atoms with van der Waals surface area (Å²) >= 11 is 6.09. The van der Waals surface area contributed by atoms with Crippen LogP contribution in [0.4, 0.5) is 0 Å². The highest BCUT2D eigenvalue weighted by atomic mass is 35.5. The second-order valence-electron chi connectivity index (χ2n) is 5.03. The molecule has 1 fully saturated rings. The first kappa shape index (κ1) is 12.9. The van der Waals surface area contributed by atoms with Gasteiger partial charge in [-0.15, -0.1) is 0 Å². The first-order valence-electron chi connectivity index (χ1n) is 6.29. The monoisotopic (exact) mass is 252 g/mol. The molecule has 0 radical (unpaired) electrons. The van der Waals surface area contributed by atoms with E-state index in [-0.39, 0.29) is 0 Å². The molecule has 2 unspecified atom stereocenters. The Morgan fingerprint density at radius 3 is 2.94 bits per heavy atom. The summed E-state index contributed by atoms with van der Waals surface area (Å²) in [4.78, 5) is 2.41. The van der Waals surface area contributed by atoms with Crippen LogP contribution in [0.1, 0.15) is 17.9 Å². The van der Waals surface area contributed by atoms with E-state index >= 15 is 0 Å². The molecule has 1 N–H and O–H groups in total. The highest BCUT2D eigenvalue weighted by molar-refractivity contribution is 6.30. The van der Waals surface area contributed by atoms with Gasteiger partial charge in [0.05, 0.1) is 0 Å². The first-order valence-corrected chi connectivity index (χ1v) is 6.67. The van der Waals surface area contributed by atoms with Crippen molar-refractivity contribution in [3.63, 3.8) is 0 Å². The van der Waals surface area contributed by atoms with E-state index in [0.717, 1.165) is 17.5 Å². The number of nitrogens with one attached hydrogen (secondary N) is 1. The van der Waals surface area contributed by atoms with Crippen LogP contribution in [0.3, 0.4) is 0 Å².